The lowest BCUT2D eigenvalue weighted by Crippen LogP contribution is -2.33. The van der Waals surface area contributed by atoms with Gasteiger partial charge in [0.1, 0.15) is 0 Å². The monoisotopic (exact) mass is 381 g/mol. The van der Waals surface area contributed by atoms with Gasteiger partial charge in [-0.1, -0.05) is 13.8 Å². The van der Waals surface area contributed by atoms with Gasteiger partial charge in [-0.05, 0) is 63.0 Å². The summed E-state index contributed by atoms with van der Waals surface area (Å²) < 4.78 is 27.1. The molecule has 1 aromatic carbocycles. The van der Waals surface area contributed by atoms with Crippen molar-refractivity contribution in [3.8, 4) is 0 Å². The first-order valence-corrected chi connectivity index (χ1v) is 10.9. The van der Waals surface area contributed by atoms with Crippen molar-refractivity contribution in [3.05, 3.63) is 29.8 Å². The van der Waals surface area contributed by atoms with E-state index < -0.39 is 10.0 Å². The molecule has 0 spiro atoms. The first-order valence-electron chi connectivity index (χ1n) is 9.48. The maximum atomic E-state index is 12.8. The molecule has 1 aromatic rings. The summed E-state index contributed by atoms with van der Waals surface area (Å²) in [5.74, 6) is 0.465. The summed E-state index contributed by atoms with van der Waals surface area (Å²) in [5.41, 5.74) is 0.548. The molecule has 26 heavy (non-hydrogen) atoms. The summed E-state index contributed by atoms with van der Waals surface area (Å²) >= 11 is 0. The molecule has 1 amide bonds. The first kappa shape index (κ1) is 20.9. The fourth-order valence-electron chi connectivity index (χ4n) is 3.42. The Kier molecular flexibility index (Phi) is 7.61. The van der Waals surface area contributed by atoms with Crippen molar-refractivity contribution in [1.82, 2.24) is 14.5 Å². The number of rotatable bonds is 9. The minimum absolute atomic E-state index is 0.0217. The fourth-order valence-corrected chi connectivity index (χ4v) is 5.05. The molecule has 0 saturated carbocycles. The molecule has 1 aliphatic heterocycles. The van der Waals surface area contributed by atoms with Crippen molar-refractivity contribution in [2.75, 3.05) is 39.8 Å². The molecule has 0 bridgehead atoms. The van der Waals surface area contributed by atoms with E-state index in [-0.39, 0.29) is 10.8 Å². The van der Waals surface area contributed by atoms with Crippen molar-refractivity contribution in [2.24, 2.45) is 5.92 Å². The molecule has 1 atom stereocenters. The van der Waals surface area contributed by atoms with E-state index in [1.165, 1.54) is 4.31 Å². The zero-order valence-corrected chi connectivity index (χ0v) is 16.9. The molecule has 6 nitrogen and oxygen atoms in total. The quantitative estimate of drug-likeness (QED) is 0.712. The Hall–Kier alpha value is -1.44. The van der Waals surface area contributed by atoms with Gasteiger partial charge >= 0.3 is 0 Å². The Morgan fingerprint density at radius 3 is 2.35 bits per heavy atom. The number of hydrogen-bond acceptors (Lipinski definition) is 4. The fraction of sp³-hybridized carbons (Fsp3) is 0.632. The van der Waals surface area contributed by atoms with Crippen LogP contribution in [0.25, 0.3) is 0 Å². The Balaban J connectivity index is 2.11. The number of sulfonamides is 1. The molecule has 0 aromatic heterocycles. The molecule has 1 unspecified atom stereocenters. The smallest absolute Gasteiger partial charge is 0.253 e. The third kappa shape index (κ3) is 4.84. The van der Waals surface area contributed by atoms with Gasteiger partial charge in [0.05, 0.1) is 4.90 Å². The second-order valence-corrected chi connectivity index (χ2v) is 8.83. The van der Waals surface area contributed by atoms with E-state index in [1.54, 1.807) is 24.3 Å². The highest BCUT2D eigenvalue weighted by Crippen LogP contribution is 2.21. The highest BCUT2D eigenvalue weighted by molar-refractivity contribution is 7.89. The maximum absolute atomic E-state index is 12.8. The number of likely N-dealkylation sites (tertiary alicyclic amines) is 1. The average Bonchev–Trinajstić information content (AvgIpc) is 3.10. The van der Waals surface area contributed by atoms with Gasteiger partial charge in [-0.2, -0.15) is 4.31 Å². The Morgan fingerprint density at radius 2 is 1.81 bits per heavy atom. The Morgan fingerprint density at radius 1 is 1.19 bits per heavy atom. The molecule has 1 N–H and O–H groups in total. The summed E-state index contributed by atoms with van der Waals surface area (Å²) in [6.45, 7) is 7.38. The molecular formula is C19H31N3O3S. The van der Waals surface area contributed by atoms with E-state index >= 15 is 0 Å². The largest absolute Gasteiger partial charge is 0.338 e. The van der Waals surface area contributed by atoms with Crippen LogP contribution in [0.1, 0.15) is 43.5 Å². The van der Waals surface area contributed by atoms with Crippen LogP contribution in [0.15, 0.2) is 29.2 Å². The number of benzene rings is 1. The van der Waals surface area contributed by atoms with Gasteiger partial charge in [0, 0.05) is 31.7 Å². The van der Waals surface area contributed by atoms with Crippen molar-refractivity contribution in [3.63, 3.8) is 0 Å². The van der Waals surface area contributed by atoms with Gasteiger partial charge in [0.2, 0.25) is 10.0 Å². The summed E-state index contributed by atoms with van der Waals surface area (Å²) in [5, 5.41) is 3.15. The highest BCUT2D eigenvalue weighted by atomic mass is 32.2. The highest BCUT2D eigenvalue weighted by Gasteiger charge is 2.27. The lowest BCUT2D eigenvalue weighted by molar-refractivity contribution is 0.0787. The van der Waals surface area contributed by atoms with Crippen LogP contribution in [0.3, 0.4) is 0 Å². The summed E-state index contributed by atoms with van der Waals surface area (Å²) in [6, 6.07) is 6.39. The van der Waals surface area contributed by atoms with Crippen LogP contribution in [0.4, 0.5) is 0 Å². The summed E-state index contributed by atoms with van der Waals surface area (Å²) in [6.07, 6.45) is 2.55. The molecule has 1 heterocycles. The molecule has 2 rings (SSSR count). The van der Waals surface area contributed by atoms with Crippen molar-refractivity contribution < 1.29 is 13.2 Å². The van der Waals surface area contributed by atoms with Crippen molar-refractivity contribution in [1.29, 1.82) is 0 Å². The predicted octanol–water partition coefficient (Wildman–Crippen LogP) is 2.18. The van der Waals surface area contributed by atoms with Crippen LogP contribution >= 0.6 is 0 Å². The van der Waals surface area contributed by atoms with E-state index in [9.17, 15) is 13.2 Å². The summed E-state index contributed by atoms with van der Waals surface area (Å²) in [4.78, 5) is 14.8. The minimum atomic E-state index is -3.50. The van der Waals surface area contributed by atoms with Crippen LogP contribution in [0, 0.1) is 5.92 Å². The van der Waals surface area contributed by atoms with E-state index in [4.69, 9.17) is 0 Å². The number of hydrogen-bond donors (Lipinski definition) is 1. The molecule has 0 radical (unpaired) electrons. The standard InChI is InChI=1S/C19H31N3O3S/c1-4-11-22(12-5-2)26(24,25)18-8-6-17(7-9-18)19(23)21-13-10-16(15-21)14-20-3/h6-9,16,20H,4-5,10-15H2,1-3H3. The SMILES string of the molecule is CCCN(CCC)S(=O)(=O)c1ccc(C(=O)N2CCC(CNC)C2)cc1. The van der Waals surface area contributed by atoms with E-state index in [0.717, 1.165) is 38.9 Å². The maximum Gasteiger partial charge on any atom is 0.253 e. The Labute approximate surface area is 157 Å². The topological polar surface area (TPSA) is 69.7 Å². The number of carbonyl (C=O) groups is 1. The number of nitrogens with zero attached hydrogens (tertiary/aromatic N) is 2. The van der Waals surface area contributed by atoms with Gasteiger partial charge in [0.15, 0.2) is 0 Å². The van der Waals surface area contributed by atoms with Gasteiger partial charge in [-0.3, -0.25) is 4.79 Å². The lowest BCUT2D eigenvalue weighted by Gasteiger charge is -2.21. The van der Waals surface area contributed by atoms with Crippen LogP contribution in [0.5, 0.6) is 0 Å². The van der Waals surface area contributed by atoms with Gasteiger partial charge in [0.25, 0.3) is 5.91 Å². The van der Waals surface area contributed by atoms with E-state index in [2.05, 4.69) is 5.32 Å². The van der Waals surface area contributed by atoms with Crippen LogP contribution < -0.4 is 5.32 Å². The second-order valence-electron chi connectivity index (χ2n) is 6.89. The van der Waals surface area contributed by atoms with Crippen molar-refractivity contribution in [2.45, 2.75) is 38.0 Å². The zero-order valence-electron chi connectivity index (χ0n) is 16.1. The van der Waals surface area contributed by atoms with Crippen molar-refractivity contribution >= 4 is 15.9 Å². The third-order valence-corrected chi connectivity index (χ3v) is 6.66. The molecule has 7 heteroatoms. The molecular weight excluding hydrogens is 350 g/mol. The molecule has 1 fully saturated rings. The van der Waals surface area contributed by atoms with Gasteiger partial charge in [-0.25, -0.2) is 8.42 Å². The van der Waals surface area contributed by atoms with Crippen LogP contribution in [-0.4, -0.2) is 63.3 Å². The van der Waals surface area contributed by atoms with E-state index in [1.807, 2.05) is 25.8 Å². The van der Waals surface area contributed by atoms with Gasteiger partial charge < -0.3 is 10.2 Å². The first-order chi connectivity index (χ1) is 12.4. The molecule has 1 saturated heterocycles. The van der Waals surface area contributed by atoms with E-state index in [0.29, 0.717) is 24.6 Å². The predicted molar refractivity (Wildman–Crippen MR) is 104 cm³/mol. The zero-order chi connectivity index (χ0) is 19.2. The summed E-state index contributed by atoms with van der Waals surface area (Å²) in [7, 11) is -1.58. The van der Waals surface area contributed by atoms with Gasteiger partial charge in [-0.15, -0.1) is 0 Å². The van der Waals surface area contributed by atoms with Crippen LogP contribution in [0.2, 0.25) is 0 Å². The molecule has 1 aliphatic rings. The Bertz CT molecular complexity index is 682. The molecule has 0 aliphatic carbocycles. The number of nitrogens with one attached hydrogen (secondary N) is 1. The second kappa shape index (κ2) is 9.48. The van der Waals surface area contributed by atoms with Crippen LogP contribution in [-0.2, 0) is 10.0 Å². The third-order valence-electron chi connectivity index (χ3n) is 4.75. The number of carbonyl (C=O) groups excluding carboxylic acids is 1. The average molecular weight is 382 g/mol. The number of amides is 1. The lowest BCUT2D eigenvalue weighted by atomic mass is 10.1. The molecule has 146 valence electrons. The minimum Gasteiger partial charge on any atom is -0.338 e. The normalized spacial score (nSPS) is 17.8.